The number of allylic oxidation sites excluding steroid dienone is 1. The molecule has 4 aliphatic heterocycles. The van der Waals surface area contributed by atoms with E-state index in [4.69, 9.17) is 18.9 Å². The molecule has 0 aromatic heterocycles. The summed E-state index contributed by atoms with van der Waals surface area (Å²) >= 11 is 0. The van der Waals surface area contributed by atoms with Crippen molar-refractivity contribution in [2.75, 3.05) is 46.4 Å². The fraction of sp³-hybridized carbons (Fsp3) is 0.880. The van der Waals surface area contributed by atoms with Crippen LogP contribution in [0.3, 0.4) is 0 Å². The summed E-state index contributed by atoms with van der Waals surface area (Å²) in [6, 6.07) is 0. The Balaban J connectivity index is 1.21. The quantitative estimate of drug-likeness (QED) is 0.408. The van der Waals surface area contributed by atoms with E-state index >= 15 is 0 Å². The Bertz CT molecular complexity index is 803. The van der Waals surface area contributed by atoms with Crippen LogP contribution in [0.4, 0.5) is 13.6 Å². The maximum absolute atomic E-state index is 13.1. The van der Waals surface area contributed by atoms with Gasteiger partial charge in [0.15, 0.2) is 0 Å². The number of nitrogens with zero attached hydrogens (tertiary/aromatic N) is 2. The lowest BCUT2D eigenvalue weighted by Crippen LogP contribution is -2.56. The van der Waals surface area contributed by atoms with Gasteiger partial charge in [-0.15, -0.1) is 0 Å². The van der Waals surface area contributed by atoms with Crippen molar-refractivity contribution < 1.29 is 32.5 Å². The summed E-state index contributed by atoms with van der Waals surface area (Å²) in [6.07, 6.45) is 1.37. The molecule has 4 heterocycles. The summed E-state index contributed by atoms with van der Waals surface area (Å²) in [5.74, 6) is 0.468. The Hall–Kier alpha value is -1.29. The van der Waals surface area contributed by atoms with E-state index in [1.807, 2.05) is 4.90 Å². The van der Waals surface area contributed by atoms with Crippen molar-refractivity contribution in [3.05, 3.63) is 11.6 Å². The van der Waals surface area contributed by atoms with E-state index in [0.717, 1.165) is 12.8 Å². The van der Waals surface area contributed by atoms with E-state index in [0.29, 0.717) is 39.2 Å². The van der Waals surface area contributed by atoms with Crippen molar-refractivity contribution in [3.63, 3.8) is 0 Å². The fourth-order valence-electron chi connectivity index (χ4n) is 6.86. The van der Waals surface area contributed by atoms with Crippen molar-refractivity contribution in [3.8, 4) is 0 Å². The summed E-state index contributed by atoms with van der Waals surface area (Å²) in [5, 5.41) is 0. The van der Waals surface area contributed by atoms with Gasteiger partial charge in [-0.3, -0.25) is 4.90 Å². The number of fused-ring (bicyclic) bond motifs is 1. The van der Waals surface area contributed by atoms with Gasteiger partial charge < -0.3 is 23.8 Å². The largest absolute Gasteiger partial charge is 0.443 e. The first-order valence-corrected chi connectivity index (χ1v) is 12.6. The van der Waals surface area contributed by atoms with Gasteiger partial charge in [-0.05, 0) is 51.9 Å². The molecule has 1 saturated carbocycles. The number of halogens is 2. The van der Waals surface area contributed by atoms with Crippen molar-refractivity contribution in [2.45, 2.75) is 76.0 Å². The maximum atomic E-state index is 13.1. The zero-order valence-corrected chi connectivity index (χ0v) is 20.7. The van der Waals surface area contributed by atoms with E-state index in [1.165, 1.54) is 5.57 Å². The molecule has 0 radical (unpaired) electrons. The lowest BCUT2D eigenvalue weighted by molar-refractivity contribution is -0.121. The van der Waals surface area contributed by atoms with E-state index in [-0.39, 0.29) is 59.9 Å². The molecule has 7 nitrogen and oxygen atoms in total. The van der Waals surface area contributed by atoms with Crippen molar-refractivity contribution >= 4 is 6.09 Å². The number of alkyl halides is 2. The Kier molecular flexibility index (Phi) is 6.45. The van der Waals surface area contributed by atoms with Crippen LogP contribution in [-0.2, 0) is 18.9 Å². The molecule has 8 atom stereocenters. The number of likely N-dealkylation sites (tertiary alicyclic amines) is 2. The topological polar surface area (TPSA) is 67.1 Å². The Labute approximate surface area is 200 Å². The van der Waals surface area contributed by atoms with Crippen molar-refractivity contribution in [1.82, 2.24) is 9.80 Å². The van der Waals surface area contributed by atoms with Gasteiger partial charge in [0.1, 0.15) is 23.4 Å². The molecule has 5 aliphatic rings. The highest BCUT2D eigenvalue weighted by atomic mass is 19.3. The summed E-state index contributed by atoms with van der Waals surface area (Å²) < 4.78 is 49.7. The molecule has 0 N–H and O–H groups in total. The highest BCUT2D eigenvalue weighted by Crippen LogP contribution is 2.59. The highest BCUT2D eigenvalue weighted by Gasteiger charge is 2.72. The molecule has 192 valence electrons. The minimum atomic E-state index is -2.32. The summed E-state index contributed by atoms with van der Waals surface area (Å²) in [6.45, 7) is 9.18. The van der Waals surface area contributed by atoms with Crippen LogP contribution in [-0.4, -0.2) is 98.3 Å². The number of methoxy groups -OCH3 is 1. The predicted octanol–water partition coefficient (Wildman–Crippen LogP) is 3.33. The van der Waals surface area contributed by atoms with E-state index in [1.54, 1.807) is 12.0 Å². The van der Waals surface area contributed by atoms with Crippen LogP contribution < -0.4 is 0 Å². The molecule has 0 aromatic rings. The average molecular weight is 485 g/mol. The number of carbonyl (C=O) groups is 1. The van der Waals surface area contributed by atoms with Crippen molar-refractivity contribution in [1.29, 1.82) is 0 Å². The van der Waals surface area contributed by atoms with E-state index in [9.17, 15) is 13.6 Å². The summed E-state index contributed by atoms with van der Waals surface area (Å²) in [7, 11) is 1.68. The number of hydrogen-bond donors (Lipinski definition) is 0. The van der Waals surface area contributed by atoms with Gasteiger partial charge in [-0.25, -0.2) is 13.6 Å². The van der Waals surface area contributed by atoms with Crippen LogP contribution in [0.25, 0.3) is 0 Å². The smallest absolute Gasteiger partial charge is 0.410 e. The third-order valence-electron chi connectivity index (χ3n) is 8.71. The summed E-state index contributed by atoms with van der Waals surface area (Å²) in [4.78, 5) is 16.7. The van der Waals surface area contributed by atoms with Gasteiger partial charge in [-0.1, -0.05) is 11.6 Å². The zero-order chi connectivity index (χ0) is 24.3. The molecule has 0 aromatic carbocycles. The predicted molar refractivity (Wildman–Crippen MR) is 121 cm³/mol. The Morgan fingerprint density at radius 2 is 1.88 bits per heavy atom. The molecule has 1 unspecified atom stereocenters. The normalized spacial score (nSPS) is 43.3. The van der Waals surface area contributed by atoms with Gasteiger partial charge in [0.2, 0.25) is 0 Å². The van der Waals surface area contributed by atoms with Crippen LogP contribution in [0.15, 0.2) is 11.6 Å². The van der Waals surface area contributed by atoms with Crippen LogP contribution >= 0.6 is 0 Å². The third-order valence-corrected chi connectivity index (χ3v) is 8.71. The second-order valence-electron chi connectivity index (χ2n) is 11.3. The van der Waals surface area contributed by atoms with Gasteiger partial charge in [0, 0.05) is 33.3 Å². The highest BCUT2D eigenvalue weighted by molar-refractivity contribution is 5.68. The number of amides is 1. The maximum Gasteiger partial charge on any atom is 0.410 e. The van der Waals surface area contributed by atoms with Gasteiger partial charge in [0.25, 0.3) is 6.43 Å². The van der Waals surface area contributed by atoms with Gasteiger partial charge in [-0.2, -0.15) is 0 Å². The third kappa shape index (κ3) is 4.49. The zero-order valence-electron chi connectivity index (χ0n) is 20.7. The van der Waals surface area contributed by atoms with Crippen LogP contribution in [0, 0.1) is 17.8 Å². The van der Waals surface area contributed by atoms with Gasteiger partial charge in [0.05, 0.1) is 25.2 Å². The molecule has 9 heteroatoms. The standard InChI is InChI=1S/C25H38F2N2O5/c1-15(2)5-6-19-24(3,34-19)22-21(31-4)18(7-8-25(22)14-32-25)33-23(30)29-11-16-9-28(13-20(26)27)10-17(16)12-29/h5,16-22H,6-14H2,1-4H3/t16-,17+,18-,19-,21-,22?,24+,25+/m1/s1. The Morgan fingerprint density at radius 3 is 2.44 bits per heavy atom. The molecule has 1 amide bonds. The number of epoxide rings is 2. The average Bonchev–Trinajstić information content (AvgIpc) is 3.57. The SMILES string of the molecule is CO[C@H]1C([C@@]2(C)O[C@@H]2CC=C(C)C)[C@]2(CC[C@H]1OC(=O)N1C[C@H]3CN(CC(F)F)C[C@H]3C1)CO2. The monoisotopic (exact) mass is 484 g/mol. The van der Waals surface area contributed by atoms with E-state index < -0.39 is 6.43 Å². The molecular formula is C25H38F2N2O5. The number of carbonyl (C=O) groups excluding carboxylic acids is 1. The minimum Gasteiger partial charge on any atom is -0.443 e. The molecule has 1 aliphatic carbocycles. The van der Waals surface area contributed by atoms with Crippen LogP contribution in [0.2, 0.25) is 0 Å². The molecule has 1 spiro atoms. The van der Waals surface area contributed by atoms with Crippen LogP contribution in [0.1, 0.15) is 40.0 Å². The lowest BCUT2D eigenvalue weighted by Gasteiger charge is -2.43. The fourth-order valence-corrected chi connectivity index (χ4v) is 6.86. The molecule has 5 rings (SSSR count). The first-order valence-electron chi connectivity index (χ1n) is 12.6. The molecule has 34 heavy (non-hydrogen) atoms. The van der Waals surface area contributed by atoms with E-state index in [2.05, 4.69) is 26.8 Å². The number of rotatable bonds is 7. The van der Waals surface area contributed by atoms with Gasteiger partial charge >= 0.3 is 6.09 Å². The minimum absolute atomic E-state index is 0.00650. The number of hydrogen-bond acceptors (Lipinski definition) is 6. The molecular weight excluding hydrogens is 446 g/mol. The lowest BCUT2D eigenvalue weighted by atomic mass is 9.68. The summed E-state index contributed by atoms with van der Waals surface area (Å²) in [5.41, 5.74) is 0.644. The second-order valence-corrected chi connectivity index (χ2v) is 11.3. The van der Waals surface area contributed by atoms with Crippen molar-refractivity contribution in [2.24, 2.45) is 17.8 Å². The number of ether oxygens (including phenoxy) is 4. The first kappa shape index (κ1) is 24.4. The Morgan fingerprint density at radius 1 is 1.21 bits per heavy atom. The molecule has 0 bridgehead atoms. The molecule has 5 fully saturated rings. The first-order chi connectivity index (χ1) is 16.1. The molecule has 4 saturated heterocycles. The van der Waals surface area contributed by atoms with Crippen LogP contribution in [0.5, 0.6) is 0 Å². The second kappa shape index (κ2) is 8.98.